The summed E-state index contributed by atoms with van der Waals surface area (Å²) < 4.78 is 9.85. The first-order valence-electron chi connectivity index (χ1n) is 7.31. The normalized spacial score (nSPS) is 9.62. The van der Waals surface area contributed by atoms with E-state index < -0.39 is 0 Å². The molecule has 0 unspecified atom stereocenters. The van der Waals surface area contributed by atoms with Gasteiger partial charge in [-0.25, -0.2) is 0 Å². The molecule has 2 aromatic heterocycles. The maximum Gasteiger partial charge on any atom is 0.0884 e. The number of hydrogen-bond donors (Lipinski definition) is 1. The number of pyridine rings is 2. The van der Waals surface area contributed by atoms with Gasteiger partial charge in [-0.3, -0.25) is 9.97 Å². The number of rotatable bonds is 7. The third-order valence-corrected chi connectivity index (χ3v) is 2.82. The minimum Gasteiger partial charge on any atom is -0.378 e. The van der Waals surface area contributed by atoms with E-state index in [4.69, 9.17) is 20.7 Å². The lowest BCUT2D eigenvalue weighted by molar-refractivity contribution is 0.181. The second-order valence-electron chi connectivity index (χ2n) is 4.70. The predicted octanol–water partition coefficient (Wildman–Crippen LogP) is 2.73. The summed E-state index contributed by atoms with van der Waals surface area (Å²) in [7, 11) is 3.26. The Hall–Kier alpha value is -2.51. The molecule has 128 valence electrons. The first-order chi connectivity index (χ1) is 11.7. The van der Waals surface area contributed by atoms with E-state index in [2.05, 4.69) is 20.0 Å². The molecule has 2 aromatic rings. The van der Waals surface area contributed by atoms with Crippen LogP contribution in [-0.2, 0) is 35.8 Å². The van der Waals surface area contributed by atoms with Gasteiger partial charge >= 0.3 is 0 Å². The minimum atomic E-state index is 0.286. The number of nitrogens with zero attached hydrogens (tertiary/aromatic N) is 5. The molecule has 8 heteroatoms. The number of methoxy groups -OCH3 is 2. The van der Waals surface area contributed by atoms with Crippen molar-refractivity contribution in [1.82, 2.24) is 9.97 Å². The van der Waals surface area contributed by atoms with E-state index in [1.807, 2.05) is 36.4 Å². The molecular formula is C16H22N6O2. The molecule has 0 atom stereocenters. The average molecular weight is 330 g/mol. The molecule has 0 aliphatic rings. The molecule has 0 saturated carbocycles. The van der Waals surface area contributed by atoms with Gasteiger partial charge < -0.3 is 15.2 Å². The second kappa shape index (κ2) is 12.0. The standard InChI is InChI=1S/C8H10N4O.C8H12N2O/c1-13-6-8-4-2-3-7(11-8)5-10-12-9;1-11-6-8-4-2-3-7(5-9)10-8/h2-4H,5-6H2,1H3;2-4H,5-6,9H2,1H3. The fourth-order valence-electron chi connectivity index (χ4n) is 1.82. The molecule has 0 spiro atoms. The lowest BCUT2D eigenvalue weighted by Gasteiger charge is -2.00. The van der Waals surface area contributed by atoms with Gasteiger partial charge in [0, 0.05) is 31.4 Å². The van der Waals surface area contributed by atoms with Crippen LogP contribution in [0, 0.1) is 0 Å². The Morgan fingerprint density at radius 3 is 1.96 bits per heavy atom. The summed E-state index contributed by atoms with van der Waals surface area (Å²) in [6.45, 7) is 1.80. The molecule has 0 saturated heterocycles. The van der Waals surface area contributed by atoms with Crippen molar-refractivity contribution >= 4 is 0 Å². The Morgan fingerprint density at radius 1 is 0.958 bits per heavy atom. The van der Waals surface area contributed by atoms with Crippen molar-refractivity contribution in [2.24, 2.45) is 10.8 Å². The summed E-state index contributed by atoms with van der Waals surface area (Å²) in [5.41, 5.74) is 16.9. The van der Waals surface area contributed by atoms with E-state index in [1.165, 1.54) is 0 Å². The lowest BCUT2D eigenvalue weighted by Crippen LogP contribution is -2.01. The summed E-state index contributed by atoms with van der Waals surface area (Å²) >= 11 is 0. The van der Waals surface area contributed by atoms with E-state index in [9.17, 15) is 0 Å². The summed E-state index contributed by atoms with van der Waals surface area (Å²) in [6.07, 6.45) is 0. The van der Waals surface area contributed by atoms with E-state index in [1.54, 1.807) is 14.2 Å². The van der Waals surface area contributed by atoms with Crippen molar-refractivity contribution in [3.05, 3.63) is 69.6 Å². The SMILES string of the molecule is COCc1cccc(CN)n1.COCc1cccc(CN=[N+]=[N-])n1. The van der Waals surface area contributed by atoms with Gasteiger partial charge in [0.05, 0.1) is 36.8 Å². The first kappa shape index (κ1) is 19.5. The van der Waals surface area contributed by atoms with Crippen LogP contribution < -0.4 is 5.73 Å². The van der Waals surface area contributed by atoms with Gasteiger partial charge in [-0.2, -0.15) is 0 Å². The van der Waals surface area contributed by atoms with Gasteiger partial charge in [0.2, 0.25) is 0 Å². The summed E-state index contributed by atoms with van der Waals surface area (Å²) in [5, 5.41) is 3.42. The van der Waals surface area contributed by atoms with Crippen molar-refractivity contribution in [2.75, 3.05) is 14.2 Å². The quantitative estimate of drug-likeness (QED) is 0.475. The molecule has 2 N–H and O–H groups in total. The highest BCUT2D eigenvalue weighted by Gasteiger charge is 1.95. The Balaban J connectivity index is 0.000000243. The van der Waals surface area contributed by atoms with Crippen LogP contribution in [-0.4, -0.2) is 24.2 Å². The van der Waals surface area contributed by atoms with Crippen molar-refractivity contribution < 1.29 is 9.47 Å². The monoisotopic (exact) mass is 330 g/mol. The maximum absolute atomic E-state index is 8.11. The lowest BCUT2D eigenvalue weighted by atomic mass is 10.3. The molecule has 2 heterocycles. The first-order valence-corrected chi connectivity index (χ1v) is 7.31. The summed E-state index contributed by atoms with van der Waals surface area (Å²) in [4.78, 5) is 11.1. The third-order valence-electron chi connectivity index (χ3n) is 2.82. The van der Waals surface area contributed by atoms with Gasteiger partial charge in [-0.1, -0.05) is 17.2 Å². The Kier molecular flexibility index (Phi) is 9.75. The largest absolute Gasteiger partial charge is 0.378 e. The topological polar surface area (TPSA) is 119 Å². The maximum atomic E-state index is 8.11. The second-order valence-corrected chi connectivity index (χ2v) is 4.70. The molecule has 2 rings (SSSR count). The number of hydrogen-bond acceptors (Lipinski definition) is 6. The fraction of sp³-hybridized carbons (Fsp3) is 0.375. The predicted molar refractivity (Wildman–Crippen MR) is 90.6 cm³/mol. The zero-order chi connectivity index (χ0) is 17.6. The molecule has 8 nitrogen and oxygen atoms in total. The van der Waals surface area contributed by atoms with Crippen LogP contribution in [0.4, 0.5) is 0 Å². The zero-order valence-electron chi connectivity index (χ0n) is 13.9. The Labute approximate surface area is 141 Å². The molecule has 0 aromatic carbocycles. The van der Waals surface area contributed by atoms with E-state index in [0.29, 0.717) is 19.8 Å². The van der Waals surface area contributed by atoms with E-state index >= 15 is 0 Å². The number of nitrogens with two attached hydrogens (primary N) is 1. The van der Waals surface area contributed by atoms with Crippen LogP contribution in [0.15, 0.2) is 41.5 Å². The van der Waals surface area contributed by atoms with Gasteiger partial charge in [0.15, 0.2) is 0 Å². The van der Waals surface area contributed by atoms with Crippen LogP contribution in [0.5, 0.6) is 0 Å². The molecule has 0 bridgehead atoms. The van der Waals surface area contributed by atoms with Crippen molar-refractivity contribution in [1.29, 1.82) is 0 Å². The number of ether oxygens (including phenoxy) is 2. The van der Waals surface area contributed by atoms with Crippen molar-refractivity contribution in [3.63, 3.8) is 0 Å². The van der Waals surface area contributed by atoms with Crippen LogP contribution in [0.1, 0.15) is 22.8 Å². The molecule has 0 aliphatic heterocycles. The highest BCUT2D eigenvalue weighted by atomic mass is 16.5. The minimum absolute atomic E-state index is 0.286. The van der Waals surface area contributed by atoms with Gasteiger partial charge in [0.25, 0.3) is 0 Å². The van der Waals surface area contributed by atoms with Crippen molar-refractivity contribution in [3.8, 4) is 0 Å². The molecular weight excluding hydrogens is 308 g/mol. The Morgan fingerprint density at radius 2 is 1.46 bits per heavy atom. The van der Waals surface area contributed by atoms with Gasteiger partial charge in [-0.05, 0) is 29.8 Å². The van der Waals surface area contributed by atoms with Crippen LogP contribution in [0.25, 0.3) is 10.4 Å². The molecule has 0 radical (unpaired) electrons. The highest BCUT2D eigenvalue weighted by molar-refractivity contribution is 5.11. The molecule has 0 amide bonds. The van der Waals surface area contributed by atoms with Crippen LogP contribution in [0.2, 0.25) is 0 Å². The molecule has 0 fully saturated rings. The Bertz CT molecular complexity index is 659. The average Bonchev–Trinajstić information content (AvgIpc) is 2.62. The van der Waals surface area contributed by atoms with Gasteiger partial charge in [-0.15, -0.1) is 0 Å². The zero-order valence-corrected chi connectivity index (χ0v) is 13.9. The number of aromatic nitrogens is 2. The third kappa shape index (κ3) is 7.66. The number of azide groups is 1. The highest BCUT2D eigenvalue weighted by Crippen LogP contribution is 2.02. The van der Waals surface area contributed by atoms with Crippen LogP contribution in [0.3, 0.4) is 0 Å². The molecule has 24 heavy (non-hydrogen) atoms. The van der Waals surface area contributed by atoms with Crippen molar-refractivity contribution in [2.45, 2.75) is 26.3 Å². The summed E-state index contributed by atoms with van der Waals surface area (Å²) in [5.74, 6) is 0. The van der Waals surface area contributed by atoms with Crippen LogP contribution >= 0.6 is 0 Å². The summed E-state index contributed by atoms with van der Waals surface area (Å²) in [6, 6.07) is 11.3. The van der Waals surface area contributed by atoms with E-state index in [0.717, 1.165) is 22.8 Å². The van der Waals surface area contributed by atoms with Gasteiger partial charge in [0.1, 0.15) is 0 Å². The smallest absolute Gasteiger partial charge is 0.0884 e. The fourth-order valence-corrected chi connectivity index (χ4v) is 1.82. The van der Waals surface area contributed by atoms with E-state index in [-0.39, 0.29) is 6.54 Å². The molecule has 0 aliphatic carbocycles.